The number of carbonyl (C=O) groups is 1. The number of carbonyl (C=O) groups excluding carboxylic acids is 1. The number of ketones is 1. The Balaban J connectivity index is 0.00000176. The minimum atomic E-state index is 0. The Kier molecular flexibility index (Phi) is 5.44. The summed E-state index contributed by atoms with van der Waals surface area (Å²) in [6.45, 7) is 0. The predicted molar refractivity (Wildman–Crippen MR) is 84.9 cm³/mol. The summed E-state index contributed by atoms with van der Waals surface area (Å²) in [5, 5.41) is 2.38. The lowest BCUT2D eigenvalue weighted by atomic mass is 10.1. The summed E-state index contributed by atoms with van der Waals surface area (Å²) in [4.78, 5) is 12.1. The molecular formula is C19H16INO. The van der Waals surface area contributed by atoms with Crippen LogP contribution in [0, 0.1) is 0 Å². The summed E-state index contributed by atoms with van der Waals surface area (Å²) in [5.41, 5.74) is 1.73. The Morgan fingerprint density at radius 1 is 0.955 bits per heavy atom. The normalized spacial score (nSPS) is 10.6. The molecule has 110 valence electrons. The second kappa shape index (κ2) is 7.31. The highest BCUT2D eigenvalue weighted by atomic mass is 127. The zero-order chi connectivity index (χ0) is 14.7. The molecule has 0 aliphatic carbocycles. The van der Waals surface area contributed by atoms with Crippen LogP contribution in [0.1, 0.15) is 15.9 Å². The molecule has 0 radical (unpaired) electrons. The zero-order valence-electron chi connectivity index (χ0n) is 12.2. The van der Waals surface area contributed by atoms with Gasteiger partial charge in [-0.3, -0.25) is 4.79 Å². The van der Waals surface area contributed by atoms with Crippen LogP contribution in [0.25, 0.3) is 16.8 Å². The van der Waals surface area contributed by atoms with Crippen molar-refractivity contribution in [1.29, 1.82) is 0 Å². The van der Waals surface area contributed by atoms with Crippen molar-refractivity contribution in [2.75, 3.05) is 0 Å². The molecule has 3 heteroatoms. The monoisotopic (exact) mass is 401 g/mol. The Morgan fingerprint density at radius 3 is 2.36 bits per heavy atom. The molecule has 1 aromatic heterocycles. The second-order valence-electron chi connectivity index (χ2n) is 5.06. The molecule has 0 amide bonds. The number of aromatic nitrogens is 1. The van der Waals surface area contributed by atoms with E-state index in [1.807, 2.05) is 60.4 Å². The maximum atomic E-state index is 12.1. The van der Waals surface area contributed by atoms with Crippen LogP contribution < -0.4 is 28.5 Å². The Morgan fingerprint density at radius 2 is 1.64 bits per heavy atom. The van der Waals surface area contributed by atoms with Gasteiger partial charge in [0.05, 0.1) is 0 Å². The molecule has 0 atom stereocenters. The van der Waals surface area contributed by atoms with Gasteiger partial charge in [-0.15, -0.1) is 0 Å². The van der Waals surface area contributed by atoms with E-state index in [2.05, 4.69) is 24.3 Å². The number of nitrogens with zero attached hydrogens (tertiary/aromatic N) is 1. The minimum Gasteiger partial charge on any atom is -1.00 e. The fourth-order valence-corrected chi connectivity index (χ4v) is 2.24. The average molecular weight is 401 g/mol. The van der Waals surface area contributed by atoms with E-state index in [4.69, 9.17) is 0 Å². The topological polar surface area (TPSA) is 20.9 Å². The number of hydrogen-bond acceptors (Lipinski definition) is 1. The van der Waals surface area contributed by atoms with Crippen molar-refractivity contribution in [3.05, 3.63) is 84.2 Å². The standard InChI is InChI=1S/C19H16NO.HI/c1-20-12-10-17(11-13-20)19(21)9-7-15-6-8-16-4-2-3-5-18(16)14-15;/h2-14H,1H3;1H/q+1;/p-1/b9-7+;. The molecule has 1 heterocycles. The first-order chi connectivity index (χ1) is 10.2. The van der Waals surface area contributed by atoms with Gasteiger partial charge in [-0.05, 0) is 28.5 Å². The summed E-state index contributed by atoms with van der Waals surface area (Å²) < 4.78 is 1.91. The fourth-order valence-electron chi connectivity index (χ4n) is 2.24. The van der Waals surface area contributed by atoms with Crippen LogP contribution in [0.15, 0.2) is 73.1 Å². The number of hydrogen-bond donors (Lipinski definition) is 0. The molecule has 0 aliphatic heterocycles. The number of halogens is 1. The van der Waals surface area contributed by atoms with Crippen LogP contribution in [0.4, 0.5) is 0 Å². The van der Waals surface area contributed by atoms with Gasteiger partial charge < -0.3 is 24.0 Å². The van der Waals surface area contributed by atoms with E-state index in [0.29, 0.717) is 5.56 Å². The van der Waals surface area contributed by atoms with Crippen LogP contribution >= 0.6 is 0 Å². The summed E-state index contributed by atoms with van der Waals surface area (Å²) in [7, 11) is 1.93. The second-order valence-corrected chi connectivity index (χ2v) is 5.06. The first kappa shape index (κ1) is 16.4. The van der Waals surface area contributed by atoms with E-state index in [1.165, 1.54) is 10.8 Å². The summed E-state index contributed by atoms with van der Waals surface area (Å²) in [5.74, 6) is 0.0174. The van der Waals surface area contributed by atoms with E-state index in [0.717, 1.165) is 5.56 Å². The highest BCUT2D eigenvalue weighted by Gasteiger charge is 2.03. The van der Waals surface area contributed by atoms with Gasteiger partial charge in [-0.25, -0.2) is 4.57 Å². The number of allylic oxidation sites excluding steroid dienone is 1. The molecular weight excluding hydrogens is 385 g/mol. The van der Waals surface area contributed by atoms with Crippen molar-refractivity contribution in [2.24, 2.45) is 7.05 Å². The van der Waals surface area contributed by atoms with Crippen LogP contribution in [0.3, 0.4) is 0 Å². The van der Waals surface area contributed by atoms with Gasteiger partial charge in [0.2, 0.25) is 0 Å². The van der Waals surface area contributed by atoms with Crippen molar-refractivity contribution in [2.45, 2.75) is 0 Å². The zero-order valence-corrected chi connectivity index (χ0v) is 14.4. The lowest BCUT2D eigenvalue weighted by Crippen LogP contribution is -3.00. The SMILES string of the molecule is C[n+]1ccc(C(=O)/C=C/c2ccc3ccccc3c2)cc1.[I-]. The highest BCUT2D eigenvalue weighted by Crippen LogP contribution is 2.16. The van der Waals surface area contributed by atoms with Crippen molar-refractivity contribution >= 4 is 22.6 Å². The van der Waals surface area contributed by atoms with Gasteiger partial charge in [0.25, 0.3) is 0 Å². The maximum Gasteiger partial charge on any atom is 0.186 e. The van der Waals surface area contributed by atoms with Gasteiger partial charge in [0.15, 0.2) is 18.2 Å². The van der Waals surface area contributed by atoms with Crippen LogP contribution in [0.5, 0.6) is 0 Å². The molecule has 3 rings (SSSR count). The Hall–Kier alpha value is -2.01. The van der Waals surface area contributed by atoms with E-state index < -0.39 is 0 Å². The van der Waals surface area contributed by atoms with Crippen LogP contribution in [0.2, 0.25) is 0 Å². The molecule has 22 heavy (non-hydrogen) atoms. The molecule has 0 aliphatic rings. The van der Waals surface area contributed by atoms with Crippen molar-refractivity contribution in [1.82, 2.24) is 0 Å². The summed E-state index contributed by atoms with van der Waals surface area (Å²) in [6.07, 6.45) is 7.23. The molecule has 0 N–H and O–H groups in total. The molecule has 0 unspecified atom stereocenters. The fraction of sp³-hybridized carbons (Fsp3) is 0.0526. The molecule has 0 saturated heterocycles. The molecule has 3 aromatic rings. The van der Waals surface area contributed by atoms with Gasteiger partial charge in [0.1, 0.15) is 7.05 Å². The number of pyridine rings is 1. The highest BCUT2D eigenvalue weighted by molar-refractivity contribution is 6.06. The van der Waals surface area contributed by atoms with E-state index >= 15 is 0 Å². The smallest absolute Gasteiger partial charge is 0.186 e. The average Bonchev–Trinajstić information content (AvgIpc) is 2.53. The summed E-state index contributed by atoms with van der Waals surface area (Å²) in [6, 6.07) is 18.0. The molecule has 0 fully saturated rings. The predicted octanol–water partition coefficient (Wildman–Crippen LogP) is 0.564. The first-order valence-electron chi connectivity index (χ1n) is 6.89. The molecule has 0 spiro atoms. The third-order valence-electron chi connectivity index (χ3n) is 3.46. The number of benzene rings is 2. The van der Waals surface area contributed by atoms with Crippen molar-refractivity contribution in [3.63, 3.8) is 0 Å². The third-order valence-corrected chi connectivity index (χ3v) is 3.46. The van der Waals surface area contributed by atoms with E-state index in [-0.39, 0.29) is 29.8 Å². The van der Waals surface area contributed by atoms with E-state index in [9.17, 15) is 4.79 Å². The molecule has 0 saturated carbocycles. The molecule has 0 bridgehead atoms. The minimum absolute atomic E-state index is 0. The van der Waals surface area contributed by atoms with Gasteiger partial charge >= 0.3 is 0 Å². The number of fused-ring (bicyclic) bond motifs is 1. The van der Waals surface area contributed by atoms with Gasteiger partial charge in [0, 0.05) is 17.7 Å². The lowest BCUT2D eigenvalue weighted by Gasteiger charge is -1.99. The first-order valence-corrected chi connectivity index (χ1v) is 6.89. The van der Waals surface area contributed by atoms with Crippen molar-refractivity contribution < 1.29 is 33.3 Å². The Bertz CT molecular complexity index is 822. The van der Waals surface area contributed by atoms with Gasteiger partial charge in [-0.1, -0.05) is 42.5 Å². The lowest BCUT2D eigenvalue weighted by molar-refractivity contribution is -0.671. The Labute approximate surface area is 147 Å². The molecule has 2 nitrogen and oxygen atoms in total. The number of aryl methyl sites for hydroxylation is 1. The third kappa shape index (κ3) is 3.80. The summed E-state index contributed by atoms with van der Waals surface area (Å²) >= 11 is 0. The van der Waals surface area contributed by atoms with Crippen LogP contribution in [-0.4, -0.2) is 5.78 Å². The van der Waals surface area contributed by atoms with E-state index in [1.54, 1.807) is 6.08 Å². The van der Waals surface area contributed by atoms with Crippen molar-refractivity contribution in [3.8, 4) is 0 Å². The number of rotatable bonds is 3. The van der Waals surface area contributed by atoms with Gasteiger partial charge in [-0.2, -0.15) is 0 Å². The maximum absolute atomic E-state index is 12.1. The quantitative estimate of drug-likeness (QED) is 0.272. The largest absolute Gasteiger partial charge is 1.00 e. The van der Waals surface area contributed by atoms with Crippen LogP contribution in [-0.2, 0) is 7.05 Å². The molecule has 2 aromatic carbocycles.